The molecule has 2 aromatic rings. The predicted octanol–water partition coefficient (Wildman–Crippen LogP) is 3.24. The third-order valence-electron chi connectivity index (χ3n) is 2.69. The van der Waals surface area contributed by atoms with Crippen molar-refractivity contribution in [2.24, 2.45) is 0 Å². The number of hydrogen-bond donors (Lipinski definition) is 1. The van der Waals surface area contributed by atoms with E-state index in [1.165, 1.54) is 13.3 Å². The zero-order valence-corrected chi connectivity index (χ0v) is 12.0. The molecular formula is C13H13BrN2O2. The molecule has 18 heavy (non-hydrogen) atoms. The van der Waals surface area contributed by atoms with E-state index in [1.807, 2.05) is 26.0 Å². The first-order valence-electron chi connectivity index (χ1n) is 5.43. The van der Waals surface area contributed by atoms with Crippen molar-refractivity contribution >= 4 is 21.9 Å². The minimum Gasteiger partial charge on any atom is -0.464 e. The van der Waals surface area contributed by atoms with E-state index in [1.54, 1.807) is 0 Å². The zero-order valence-electron chi connectivity index (χ0n) is 10.4. The lowest BCUT2D eigenvalue weighted by molar-refractivity contribution is 0.0595. The van der Waals surface area contributed by atoms with E-state index >= 15 is 0 Å². The van der Waals surface area contributed by atoms with Crippen LogP contribution in [0.25, 0.3) is 11.4 Å². The standard InChI is InChI=1S/C13H13BrN2O2/c1-7-4-9(5-8(2)11(7)14)12-15-6-10(16-12)13(17)18-3/h4-6H,1-3H3,(H,15,16). The number of esters is 1. The highest BCUT2D eigenvalue weighted by Crippen LogP contribution is 2.27. The molecule has 1 N–H and O–H groups in total. The van der Waals surface area contributed by atoms with Gasteiger partial charge < -0.3 is 9.72 Å². The van der Waals surface area contributed by atoms with Crippen molar-refractivity contribution < 1.29 is 9.53 Å². The van der Waals surface area contributed by atoms with Crippen molar-refractivity contribution in [2.75, 3.05) is 7.11 Å². The fraction of sp³-hybridized carbons (Fsp3) is 0.231. The Kier molecular flexibility index (Phi) is 3.52. The first-order chi connectivity index (χ1) is 8.52. The van der Waals surface area contributed by atoms with Crippen molar-refractivity contribution in [3.8, 4) is 11.4 Å². The van der Waals surface area contributed by atoms with Crippen LogP contribution >= 0.6 is 15.9 Å². The number of carbonyl (C=O) groups excluding carboxylic acids is 1. The van der Waals surface area contributed by atoms with Crippen LogP contribution in [0.3, 0.4) is 0 Å². The summed E-state index contributed by atoms with van der Waals surface area (Å²) in [5.41, 5.74) is 3.55. The Hall–Kier alpha value is -1.62. The second-order valence-electron chi connectivity index (χ2n) is 4.06. The molecule has 0 atom stereocenters. The van der Waals surface area contributed by atoms with Crippen molar-refractivity contribution in [3.63, 3.8) is 0 Å². The van der Waals surface area contributed by atoms with Crippen LogP contribution in [-0.4, -0.2) is 23.0 Å². The van der Waals surface area contributed by atoms with Crippen LogP contribution in [0.15, 0.2) is 22.8 Å². The van der Waals surface area contributed by atoms with Gasteiger partial charge in [0.15, 0.2) is 0 Å². The summed E-state index contributed by atoms with van der Waals surface area (Å²) in [6, 6.07) is 4.02. The first-order valence-corrected chi connectivity index (χ1v) is 6.22. The normalized spacial score (nSPS) is 10.4. The molecule has 0 amide bonds. The van der Waals surface area contributed by atoms with E-state index in [9.17, 15) is 4.79 Å². The van der Waals surface area contributed by atoms with E-state index in [0.717, 1.165) is 21.2 Å². The average molecular weight is 309 g/mol. The number of nitrogens with one attached hydrogen (secondary N) is 1. The highest BCUT2D eigenvalue weighted by molar-refractivity contribution is 9.10. The maximum Gasteiger partial charge on any atom is 0.356 e. The number of methoxy groups -OCH3 is 1. The lowest BCUT2D eigenvalue weighted by atomic mass is 10.1. The van der Waals surface area contributed by atoms with Crippen molar-refractivity contribution in [1.29, 1.82) is 0 Å². The van der Waals surface area contributed by atoms with E-state index in [-0.39, 0.29) is 0 Å². The number of halogens is 1. The highest BCUT2D eigenvalue weighted by Gasteiger charge is 2.12. The number of aryl methyl sites for hydroxylation is 2. The summed E-state index contributed by atoms with van der Waals surface area (Å²) in [6.07, 6.45) is 1.48. The number of hydrogen-bond acceptors (Lipinski definition) is 3. The number of carbonyl (C=O) groups is 1. The largest absolute Gasteiger partial charge is 0.464 e. The molecule has 0 spiro atoms. The third kappa shape index (κ3) is 2.31. The van der Waals surface area contributed by atoms with Gasteiger partial charge >= 0.3 is 5.97 Å². The molecule has 0 radical (unpaired) electrons. The smallest absolute Gasteiger partial charge is 0.356 e. The van der Waals surface area contributed by atoms with Crippen LogP contribution in [0.4, 0.5) is 0 Å². The molecule has 0 aliphatic carbocycles. The molecule has 94 valence electrons. The molecule has 0 fully saturated rings. The third-order valence-corrected chi connectivity index (χ3v) is 3.94. The van der Waals surface area contributed by atoms with E-state index in [4.69, 9.17) is 0 Å². The summed E-state index contributed by atoms with van der Waals surface area (Å²) in [6.45, 7) is 4.04. The minimum atomic E-state index is -0.417. The molecule has 0 aliphatic heterocycles. The van der Waals surface area contributed by atoms with Crippen LogP contribution < -0.4 is 0 Å². The van der Waals surface area contributed by atoms with Gasteiger partial charge in [0.25, 0.3) is 0 Å². The lowest BCUT2D eigenvalue weighted by Gasteiger charge is -2.05. The number of nitrogens with zero attached hydrogens (tertiary/aromatic N) is 1. The molecule has 5 heteroatoms. The Morgan fingerprint density at radius 3 is 2.50 bits per heavy atom. The van der Waals surface area contributed by atoms with Gasteiger partial charge in [0.1, 0.15) is 11.5 Å². The molecule has 0 unspecified atom stereocenters. The van der Waals surface area contributed by atoms with Gasteiger partial charge in [-0.1, -0.05) is 15.9 Å². The summed E-state index contributed by atoms with van der Waals surface area (Å²) in [5, 5.41) is 0. The number of imidazole rings is 1. The maximum absolute atomic E-state index is 11.3. The number of aromatic amines is 1. The number of aromatic nitrogens is 2. The van der Waals surface area contributed by atoms with Gasteiger partial charge in [0.2, 0.25) is 0 Å². The van der Waals surface area contributed by atoms with Gasteiger partial charge in [-0.25, -0.2) is 9.78 Å². The second-order valence-corrected chi connectivity index (χ2v) is 4.85. The molecule has 4 nitrogen and oxygen atoms in total. The molecular weight excluding hydrogens is 296 g/mol. The van der Waals surface area contributed by atoms with Gasteiger partial charge in [-0.05, 0) is 37.1 Å². The highest BCUT2D eigenvalue weighted by atomic mass is 79.9. The summed E-state index contributed by atoms with van der Waals surface area (Å²) in [7, 11) is 1.34. The van der Waals surface area contributed by atoms with Crippen molar-refractivity contribution in [3.05, 3.63) is 39.6 Å². The summed E-state index contributed by atoms with van der Waals surface area (Å²) in [5.74, 6) is 0.244. The molecule has 0 bridgehead atoms. The fourth-order valence-electron chi connectivity index (χ4n) is 1.76. The molecule has 0 saturated carbocycles. The Labute approximate surface area is 114 Å². The Morgan fingerprint density at radius 1 is 1.33 bits per heavy atom. The van der Waals surface area contributed by atoms with Crippen LogP contribution in [0, 0.1) is 13.8 Å². The number of benzene rings is 1. The summed E-state index contributed by atoms with van der Waals surface area (Å²) >= 11 is 3.52. The average Bonchev–Trinajstić information content (AvgIpc) is 2.84. The fourth-order valence-corrected chi connectivity index (χ4v) is 1.99. The predicted molar refractivity (Wildman–Crippen MR) is 72.5 cm³/mol. The molecule has 1 aromatic carbocycles. The van der Waals surface area contributed by atoms with E-state index in [2.05, 4.69) is 30.6 Å². The topological polar surface area (TPSA) is 55.0 Å². The Bertz CT molecular complexity index is 582. The molecule has 2 rings (SSSR count). The lowest BCUT2D eigenvalue weighted by Crippen LogP contribution is -2.01. The molecule has 0 aliphatic rings. The quantitative estimate of drug-likeness (QED) is 0.867. The van der Waals surface area contributed by atoms with Gasteiger partial charge in [-0.2, -0.15) is 0 Å². The summed E-state index contributed by atoms with van der Waals surface area (Å²) in [4.78, 5) is 18.5. The molecule has 1 aromatic heterocycles. The minimum absolute atomic E-state index is 0.353. The van der Waals surface area contributed by atoms with Gasteiger partial charge in [0.05, 0.1) is 13.3 Å². The van der Waals surface area contributed by atoms with Gasteiger partial charge in [-0.3, -0.25) is 0 Å². The Balaban J connectivity index is 2.43. The van der Waals surface area contributed by atoms with Crippen molar-refractivity contribution in [1.82, 2.24) is 9.97 Å². The number of H-pyrrole nitrogens is 1. The first kappa shape index (κ1) is 12.8. The van der Waals surface area contributed by atoms with Crippen LogP contribution in [0.5, 0.6) is 0 Å². The second kappa shape index (κ2) is 4.94. The monoisotopic (exact) mass is 308 g/mol. The van der Waals surface area contributed by atoms with Crippen molar-refractivity contribution in [2.45, 2.75) is 13.8 Å². The maximum atomic E-state index is 11.3. The Morgan fingerprint density at radius 2 is 1.94 bits per heavy atom. The van der Waals surface area contributed by atoms with Crippen LogP contribution in [-0.2, 0) is 4.74 Å². The summed E-state index contributed by atoms with van der Waals surface area (Å²) < 4.78 is 5.72. The zero-order chi connectivity index (χ0) is 13.3. The van der Waals surface area contributed by atoms with E-state index < -0.39 is 5.97 Å². The SMILES string of the molecule is COC(=O)c1cnc(-c2cc(C)c(Br)c(C)c2)[nH]1. The molecule has 0 saturated heterocycles. The van der Waals surface area contributed by atoms with Crippen LogP contribution in [0.1, 0.15) is 21.6 Å². The van der Waals surface area contributed by atoms with Crippen LogP contribution in [0.2, 0.25) is 0 Å². The number of rotatable bonds is 2. The van der Waals surface area contributed by atoms with E-state index in [0.29, 0.717) is 11.5 Å². The number of ether oxygens (including phenoxy) is 1. The van der Waals surface area contributed by atoms with Gasteiger partial charge in [-0.15, -0.1) is 0 Å². The molecule has 1 heterocycles. The van der Waals surface area contributed by atoms with Gasteiger partial charge in [0, 0.05) is 10.0 Å².